The second-order valence-corrected chi connectivity index (χ2v) is 6.20. The summed E-state index contributed by atoms with van der Waals surface area (Å²) >= 11 is 3.48. The molecule has 0 aliphatic heterocycles. The Bertz CT molecular complexity index is 785. The second kappa shape index (κ2) is 5.49. The number of imidazole rings is 1. The zero-order valence-electron chi connectivity index (χ0n) is 12.4. The number of benzene rings is 2. The molecule has 0 aliphatic rings. The fourth-order valence-corrected chi connectivity index (χ4v) is 2.75. The van der Waals surface area contributed by atoms with Gasteiger partial charge >= 0.3 is 0 Å². The van der Waals surface area contributed by atoms with Crippen molar-refractivity contribution in [3.8, 4) is 17.1 Å². The van der Waals surface area contributed by atoms with Gasteiger partial charge in [0, 0.05) is 21.4 Å². The highest BCUT2D eigenvalue weighted by atomic mass is 79.9. The van der Waals surface area contributed by atoms with Crippen LogP contribution in [-0.4, -0.2) is 9.55 Å². The fourth-order valence-electron chi connectivity index (χ4n) is 2.49. The van der Waals surface area contributed by atoms with Gasteiger partial charge in [0.15, 0.2) is 0 Å². The lowest BCUT2D eigenvalue weighted by Crippen LogP contribution is -2.00. The van der Waals surface area contributed by atoms with Crippen molar-refractivity contribution in [1.29, 1.82) is 0 Å². The van der Waals surface area contributed by atoms with Crippen molar-refractivity contribution in [2.45, 2.75) is 20.8 Å². The van der Waals surface area contributed by atoms with E-state index in [1.807, 2.05) is 0 Å². The summed E-state index contributed by atoms with van der Waals surface area (Å²) in [6.45, 7) is 6.29. The van der Waals surface area contributed by atoms with Gasteiger partial charge in [-0.3, -0.25) is 4.57 Å². The van der Waals surface area contributed by atoms with Gasteiger partial charge < -0.3 is 0 Å². The smallest absolute Gasteiger partial charge is 0.145 e. The first-order valence-corrected chi connectivity index (χ1v) is 7.74. The molecule has 0 atom stereocenters. The van der Waals surface area contributed by atoms with Gasteiger partial charge in [-0.05, 0) is 50.6 Å². The van der Waals surface area contributed by atoms with Crippen LogP contribution in [0, 0.1) is 20.8 Å². The molecule has 0 unspecified atom stereocenters. The molecule has 0 bridgehead atoms. The Hall–Kier alpha value is -1.87. The molecular weight excluding hydrogens is 324 g/mol. The van der Waals surface area contributed by atoms with Crippen LogP contribution in [0.2, 0.25) is 0 Å². The summed E-state index contributed by atoms with van der Waals surface area (Å²) in [5.74, 6) is 0.989. The molecule has 0 spiro atoms. The molecule has 3 rings (SSSR count). The predicted molar refractivity (Wildman–Crippen MR) is 90.9 cm³/mol. The number of aromatic nitrogens is 2. The largest absolute Gasteiger partial charge is 0.297 e. The summed E-state index contributed by atoms with van der Waals surface area (Å²) in [7, 11) is 0. The molecule has 1 aromatic heterocycles. The highest BCUT2D eigenvalue weighted by molar-refractivity contribution is 9.10. The molecule has 2 aromatic carbocycles. The molecule has 0 saturated carbocycles. The highest BCUT2D eigenvalue weighted by Crippen LogP contribution is 2.27. The molecule has 3 aromatic rings. The minimum absolute atomic E-state index is 0.989. The third-order valence-corrected chi connectivity index (χ3v) is 4.24. The summed E-state index contributed by atoms with van der Waals surface area (Å²) in [5, 5.41) is 0. The monoisotopic (exact) mass is 340 g/mol. The SMILES string of the molecule is Cc1cccc(-n2c(-c3ccc(Br)cc3)nc(C)c2C)c1. The van der Waals surface area contributed by atoms with Gasteiger partial charge in [0.25, 0.3) is 0 Å². The van der Waals surface area contributed by atoms with E-state index in [0.29, 0.717) is 0 Å². The van der Waals surface area contributed by atoms with Gasteiger partial charge in [-0.15, -0.1) is 0 Å². The Labute approximate surface area is 133 Å². The van der Waals surface area contributed by atoms with Gasteiger partial charge in [0.05, 0.1) is 5.69 Å². The van der Waals surface area contributed by atoms with Crippen molar-refractivity contribution >= 4 is 15.9 Å². The van der Waals surface area contributed by atoms with E-state index in [-0.39, 0.29) is 0 Å². The first-order valence-electron chi connectivity index (χ1n) is 6.95. The van der Waals surface area contributed by atoms with E-state index in [4.69, 9.17) is 4.98 Å². The van der Waals surface area contributed by atoms with E-state index >= 15 is 0 Å². The Morgan fingerprint density at radius 1 is 0.952 bits per heavy atom. The molecule has 21 heavy (non-hydrogen) atoms. The van der Waals surface area contributed by atoms with Gasteiger partial charge in [-0.1, -0.05) is 40.2 Å². The van der Waals surface area contributed by atoms with Crippen LogP contribution in [0.15, 0.2) is 53.0 Å². The maximum absolute atomic E-state index is 4.76. The zero-order valence-corrected chi connectivity index (χ0v) is 14.0. The van der Waals surface area contributed by atoms with Gasteiger partial charge in [0.1, 0.15) is 5.82 Å². The molecular formula is C18H17BrN2. The number of nitrogens with zero attached hydrogens (tertiary/aromatic N) is 2. The number of rotatable bonds is 2. The van der Waals surface area contributed by atoms with Gasteiger partial charge in [-0.2, -0.15) is 0 Å². The Morgan fingerprint density at radius 2 is 1.67 bits per heavy atom. The number of halogens is 1. The lowest BCUT2D eigenvalue weighted by molar-refractivity contribution is 1.01. The van der Waals surface area contributed by atoms with Crippen molar-refractivity contribution in [3.05, 3.63) is 70.0 Å². The molecule has 0 amide bonds. The summed E-state index contributed by atoms with van der Waals surface area (Å²) in [5.41, 5.74) is 5.77. The molecule has 2 nitrogen and oxygen atoms in total. The minimum atomic E-state index is 0.989. The van der Waals surface area contributed by atoms with Crippen molar-refractivity contribution < 1.29 is 0 Å². The summed E-state index contributed by atoms with van der Waals surface area (Å²) < 4.78 is 3.30. The summed E-state index contributed by atoms with van der Waals surface area (Å²) in [6, 6.07) is 16.8. The van der Waals surface area contributed by atoms with Crippen molar-refractivity contribution in [1.82, 2.24) is 9.55 Å². The maximum atomic E-state index is 4.76. The van der Waals surface area contributed by atoms with Crippen LogP contribution in [-0.2, 0) is 0 Å². The average molecular weight is 341 g/mol. The van der Waals surface area contributed by atoms with Crippen LogP contribution in [0.25, 0.3) is 17.1 Å². The van der Waals surface area contributed by atoms with E-state index in [1.54, 1.807) is 0 Å². The van der Waals surface area contributed by atoms with Gasteiger partial charge in [0.2, 0.25) is 0 Å². The maximum Gasteiger partial charge on any atom is 0.145 e. The number of hydrogen-bond acceptors (Lipinski definition) is 1. The summed E-state index contributed by atoms with van der Waals surface area (Å²) in [6.07, 6.45) is 0. The molecule has 0 fully saturated rings. The molecule has 1 heterocycles. The molecule has 106 valence electrons. The standard InChI is InChI=1S/C18H17BrN2/c1-12-5-4-6-17(11-12)21-14(3)13(2)20-18(21)15-7-9-16(19)10-8-15/h4-11H,1-3H3. The number of aryl methyl sites for hydroxylation is 2. The number of hydrogen-bond donors (Lipinski definition) is 0. The normalized spacial score (nSPS) is 10.9. The zero-order chi connectivity index (χ0) is 15.0. The van der Waals surface area contributed by atoms with E-state index in [1.165, 1.54) is 11.3 Å². The topological polar surface area (TPSA) is 17.8 Å². The van der Waals surface area contributed by atoms with E-state index < -0.39 is 0 Å². The lowest BCUT2D eigenvalue weighted by atomic mass is 10.2. The van der Waals surface area contributed by atoms with Crippen molar-refractivity contribution in [2.75, 3.05) is 0 Å². The minimum Gasteiger partial charge on any atom is -0.297 e. The van der Waals surface area contributed by atoms with Crippen LogP contribution in [0.1, 0.15) is 17.0 Å². The molecule has 0 N–H and O–H groups in total. The molecule has 3 heteroatoms. The molecule has 0 radical (unpaired) electrons. The Kier molecular flexibility index (Phi) is 3.68. The Balaban J connectivity index is 2.23. The fraction of sp³-hybridized carbons (Fsp3) is 0.167. The average Bonchev–Trinajstić information content (AvgIpc) is 2.76. The summed E-state index contributed by atoms with van der Waals surface area (Å²) in [4.78, 5) is 4.76. The van der Waals surface area contributed by atoms with Crippen LogP contribution >= 0.6 is 15.9 Å². The van der Waals surface area contributed by atoms with Crippen molar-refractivity contribution in [3.63, 3.8) is 0 Å². The van der Waals surface area contributed by atoms with E-state index in [2.05, 4.69) is 89.8 Å². The van der Waals surface area contributed by atoms with Crippen LogP contribution in [0.5, 0.6) is 0 Å². The van der Waals surface area contributed by atoms with Crippen LogP contribution in [0.3, 0.4) is 0 Å². The molecule has 0 saturated heterocycles. The first-order chi connectivity index (χ1) is 10.1. The quantitative estimate of drug-likeness (QED) is 0.624. The second-order valence-electron chi connectivity index (χ2n) is 5.29. The first kappa shape index (κ1) is 14.1. The van der Waals surface area contributed by atoms with E-state index in [0.717, 1.165) is 27.2 Å². The van der Waals surface area contributed by atoms with E-state index in [9.17, 15) is 0 Å². The van der Waals surface area contributed by atoms with Crippen LogP contribution in [0.4, 0.5) is 0 Å². The van der Waals surface area contributed by atoms with Crippen LogP contribution < -0.4 is 0 Å². The predicted octanol–water partition coefficient (Wildman–Crippen LogP) is 5.23. The Morgan fingerprint density at radius 3 is 2.33 bits per heavy atom. The lowest BCUT2D eigenvalue weighted by Gasteiger charge is -2.11. The van der Waals surface area contributed by atoms with Gasteiger partial charge in [-0.25, -0.2) is 4.98 Å². The third kappa shape index (κ3) is 2.66. The van der Waals surface area contributed by atoms with Crippen molar-refractivity contribution in [2.24, 2.45) is 0 Å². The molecule has 0 aliphatic carbocycles. The third-order valence-electron chi connectivity index (χ3n) is 3.71. The highest BCUT2D eigenvalue weighted by Gasteiger charge is 2.14.